The number of aliphatic hydroxyl groups excluding tert-OH is 1. The Bertz CT molecular complexity index is 645. The number of hydrogen-bond acceptors (Lipinski definition) is 4. The summed E-state index contributed by atoms with van der Waals surface area (Å²) in [6, 6.07) is 18.3. The van der Waals surface area contributed by atoms with E-state index in [4.69, 9.17) is 4.74 Å². The molecule has 1 saturated heterocycles. The molecular formula is C20H25BrN2O2. The fourth-order valence-corrected chi connectivity index (χ4v) is 3.47. The Balaban J connectivity index is 1.37. The number of rotatable bonds is 7. The predicted octanol–water partition coefficient (Wildman–Crippen LogP) is 3.01. The van der Waals surface area contributed by atoms with Gasteiger partial charge in [0, 0.05) is 39.3 Å². The molecule has 2 aromatic rings. The van der Waals surface area contributed by atoms with Crippen LogP contribution in [0.3, 0.4) is 0 Å². The zero-order valence-corrected chi connectivity index (χ0v) is 15.9. The molecule has 0 aliphatic carbocycles. The van der Waals surface area contributed by atoms with Crippen LogP contribution in [-0.2, 0) is 6.54 Å². The summed E-state index contributed by atoms with van der Waals surface area (Å²) in [7, 11) is 0. The van der Waals surface area contributed by atoms with E-state index < -0.39 is 6.10 Å². The zero-order chi connectivity index (χ0) is 17.5. The van der Waals surface area contributed by atoms with Gasteiger partial charge in [0.2, 0.25) is 0 Å². The minimum Gasteiger partial charge on any atom is -0.490 e. The summed E-state index contributed by atoms with van der Waals surface area (Å²) in [6.07, 6.45) is -0.479. The molecule has 0 radical (unpaired) electrons. The molecule has 1 aliphatic rings. The second-order valence-electron chi connectivity index (χ2n) is 6.46. The third kappa shape index (κ3) is 5.82. The van der Waals surface area contributed by atoms with Crippen molar-refractivity contribution in [2.24, 2.45) is 0 Å². The van der Waals surface area contributed by atoms with Crippen molar-refractivity contribution >= 4 is 15.9 Å². The molecule has 1 heterocycles. The maximum atomic E-state index is 10.3. The first-order valence-corrected chi connectivity index (χ1v) is 9.54. The Labute approximate surface area is 158 Å². The minimum absolute atomic E-state index is 0.312. The Hall–Kier alpha value is -1.40. The fourth-order valence-electron chi connectivity index (χ4n) is 3.07. The highest BCUT2D eigenvalue weighted by Gasteiger charge is 2.19. The van der Waals surface area contributed by atoms with Crippen molar-refractivity contribution in [3.8, 4) is 5.75 Å². The van der Waals surface area contributed by atoms with Crippen LogP contribution >= 0.6 is 15.9 Å². The second kappa shape index (κ2) is 9.34. The lowest BCUT2D eigenvalue weighted by Gasteiger charge is -2.35. The molecule has 0 bridgehead atoms. The third-order valence-corrected chi connectivity index (χ3v) is 5.11. The van der Waals surface area contributed by atoms with Gasteiger partial charge in [-0.15, -0.1) is 0 Å². The molecule has 1 aliphatic heterocycles. The van der Waals surface area contributed by atoms with Crippen molar-refractivity contribution in [1.29, 1.82) is 0 Å². The van der Waals surface area contributed by atoms with Gasteiger partial charge in [-0.2, -0.15) is 0 Å². The number of halogens is 1. The second-order valence-corrected chi connectivity index (χ2v) is 7.31. The summed E-state index contributed by atoms with van der Waals surface area (Å²) in [6.45, 7) is 6.01. The van der Waals surface area contributed by atoms with Gasteiger partial charge in [-0.05, 0) is 33.6 Å². The van der Waals surface area contributed by atoms with E-state index in [1.165, 1.54) is 5.56 Å². The molecular weight excluding hydrogens is 380 g/mol. The lowest BCUT2D eigenvalue weighted by molar-refractivity contribution is 0.0444. The van der Waals surface area contributed by atoms with E-state index >= 15 is 0 Å². The van der Waals surface area contributed by atoms with Crippen molar-refractivity contribution in [2.75, 3.05) is 39.3 Å². The molecule has 25 heavy (non-hydrogen) atoms. The minimum atomic E-state index is -0.479. The normalized spacial score (nSPS) is 17.4. The first kappa shape index (κ1) is 18.4. The highest BCUT2D eigenvalue weighted by atomic mass is 79.9. The Morgan fingerprint density at radius 1 is 0.920 bits per heavy atom. The number of aliphatic hydroxyl groups is 1. The van der Waals surface area contributed by atoms with Crippen molar-refractivity contribution in [2.45, 2.75) is 12.6 Å². The van der Waals surface area contributed by atoms with E-state index in [0.717, 1.165) is 42.9 Å². The molecule has 1 atom stereocenters. The van der Waals surface area contributed by atoms with Crippen LogP contribution in [0.25, 0.3) is 0 Å². The lowest BCUT2D eigenvalue weighted by Crippen LogP contribution is -2.48. The summed E-state index contributed by atoms with van der Waals surface area (Å²) in [4.78, 5) is 4.78. The van der Waals surface area contributed by atoms with Crippen LogP contribution in [0.4, 0.5) is 0 Å². The van der Waals surface area contributed by atoms with Crippen molar-refractivity contribution < 1.29 is 9.84 Å². The van der Waals surface area contributed by atoms with Crippen LogP contribution in [0.5, 0.6) is 5.75 Å². The van der Waals surface area contributed by atoms with Crippen LogP contribution < -0.4 is 4.74 Å². The topological polar surface area (TPSA) is 35.9 Å². The van der Waals surface area contributed by atoms with Crippen molar-refractivity contribution in [3.05, 3.63) is 64.6 Å². The van der Waals surface area contributed by atoms with Gasteiger partial charge < -0.3 is 9.84 Å². The lowest BCUT2D eigenvalue weighted by atomic mass is 10.2. The standard InChI is InChI=1S/C20H25BrN2O2/c21-19-8-4-5-9-20(19)25-16-18(24)15-23-12-10-22(11-13-23)14-17-6-2-1-3-7-17/h1-9,18,24H,10-16H2/t18-/m0/s1. The van der Waals surface area contributed by atoms with Gasteiger partial charge in [-0.1, -0.05) is 42.5 Å². The van der Waals surface area contributed by atoms with Crippen LogP contribution in [0, 0.1) is 0 Å². The van der Waals surface area contributed by atoms with Crippen LogP contribution in [0.15, 0.2) is 59.1 Å². The van der Waals surface area contributed by atoms with E-state index in [9.17, 15) is 5.11 Å². The molecule has 4 nitrogen and oxygen atoms in total. The molecule has 5 heteroatoms. The molecule has 2 aromatic carbocycles. The number of nitrogens with zero attached hydrogens (tertiary/aromatic N) is 2. The average Bonchev–Trinajstić information content (AvgIpc) is 2.64. The highest BCUT2D eigenvalue weighted by Crippen LogP contribution is 2.23. The van der Waals surface area contributed by atoms with E-state index in [-0.39, 0.29) is 0 Å². The molecule has 0 amide bonds. The van der Waals surface area contributed by atoms with Gasteiger partial charge in [-0.25, -0.2) is 0 Å². The number of β-amino-alcohol motifs (C(OH)–C–C–N with tert-alkyl or cyclic N) is 1. The van der Waals surface area contributed by atoms with E-state index in [2.05, 4.69) is 56.1 Å². The molecule has 0 unspecified atom stereocenters. The smallest absolute Gasteiger partial charge is 0.133 e. The first-order valence-electron chi connectivity index (χ1n) is 8.75. The Morgan fingerprint density at radius 2 is 1.56 bits per heavy atom. The van der Waals surface area contributed by atoms with Gasteiger partial charge in [0.1, 0.15) is 18.5 Å². The maximum Gasteiger partial charge on any atom is 0.133 e. The van der Waals surface area contributed by atoms with E-state index in [0.29, 0.717) is 13.2 Å². The fraction of sp³-hybridized carbons (Fsp3) is 0.400. The van der Waals surface area contributed by atoms with Crippen molar-refractivity contribution in [3.63, 3.8) is 0 Å². The predicted molar refractivity (Wildman–Crippen MR) is 104 cm³/mol. The van der Waals surface area contributed by atoms with Gasteiger partial charge >= 0.3 is 0 Å². The quantitative estimate of drug-likeness (QED) is 0.769. The molecule has 0 spiro atoms. The highest BCUT2D eigenvalue weighted by molar-refractivity contribution is 9.10. The number of ether oxygens (including phenoxy) is 1. The molecule has 0 aromatic heterocycles. The van der Waals surface area contributed by atoms with E-state index in [1.807, 2.05) is 24.3 Å². The Morgan fingerprint density at radius 3 is 2.28 bits per heavy atom. The summed E-state index contributed by atoms with van der Waals surface area (Å²) >= 11 is 3.46. The first-order chi connectivity index (χ1) is 12.2. The molecule has 0 saturated carbocycles. The summed E-state index contributed by atoms with van der Waals surface area (Å²) in [5, 5.41) is 10.3. The monoisotopic (exact) mass is 404 g/mol. The molecule has 3 rings (SSSR count). The molecule has 1 N–H and O–H groups in total. The number of para-hydroxylation sites is 1. The summed E-state index contributed by atoms with van der Waals surface area (Å²) in [5.41, 5.74) is 1.36. The number of benzene rings is 2. The van der Waals surface area contributed by atoms with Crippen LogP contribution in [0.1, 0.15) is 5.56 Å². The summed E-state index contributed by atoms with van der Waals surface area (Å²) < 4.78 is 6.62. The number of hydrogen-bond donors (Lipinski definition) is 1. The van der Waals surface area contributed by atoms with Crippen molar-refractivity contribution in [1.82, 2.24) is 9.80 Å². The van der Waals surface area contributed by atoms with Crippen LogP contribution in [-0.4, -0.2) is 60.3 Å². The third-order valence-electron chi connectivity index (χ3n) is 4.45. The largest absolute Gasteiger partial charge is 0.490 e. The van der Waals surface area contributed by atoms with E-state index in [1.54, 1.807) is 0 Å². The zero-order valence-electron chi connectivity index (χ0n) is 14.4. The van der Waals surface area contributed by atoms with Gasteiger partial charge in [-0.3, -0.25) is 9.80 Å². The number of piperazine rings is 1. The molecule has 1 fully saturated rings. The van der Waals surface area contributed by atoms with Gasteiger partial charge in [0.05, 0.1) is 4.47 Å². The Kier molecular flexibility index (Phi) is 6.87. The molecule has 134 valence electrons. The van der Waals surface area contributed by atoms with Crippen LogP contribution in [0.2, 0.25) is 0 Å². The summed E-state index contributed by atoms with van der Waals surface area (Å²) in [5.74, 6) is 0.772. The van der Waals surface area contributed by atoms with Gasteiger partial charge in [0.25, 0.3) is 0 Å². The average molecular weight is 405 g/mol. The van der Waals surface area contributed by atoms with Gasteiger partial charge in [0.15, 0.2) is 0 Å². The maximum absolute atomic E-state index is 10.3. The SMILES string of the molecule is O[C@H](COc1ccccc1Br)CN1CCN(Cc2ccccc2)CC1.